The average molecular weight is 425 g/mol. The molecule has 8 heteroatoms. The van der Waals surface area contributed by atoms with Crippen LogP contribution in [-0.2, 0) is 4.74 Å². The van der Waals surface area contributed by atoms with E-state index in [-0.39, 0.29) is 31.2 Å². The van der Waals surface area contributed by atoms with Crippen LogP contribution in [0.2, 0.25) is 5.02 Å². The molecule has 0 aliphatic carbocycles. The van der Waals surface area contributed by atoms with Gasteiger partial charge in [-0.05, 0) is 34.7 Å². The lowest BCUT2D eigenvalue weighted by Crippen LogP contribution is -2.12. The maximum Gasteiger partial charge on any atom is 0.357 e. The molecule has 1 aromatic carbocycles. The number of carbonyl (C=O) groups excluding carboxylic acids is 1. The number of carbonyl (C=O) groups is 1. The zero-order valence-corrected chi connectivity index (χ0v) is 13.5. The maximum atomic E-state index is 14.2. The van der Waals surface area contributed by atoms with Crippen molar-refractivity contribution in [1.82, 2.24) is 4.98 Å². The summed E-state index contributed by atoms with van der Waals surface area (Å²) in [5.41, 5.74) is 5.11. The Morgan fingerprint density at radius 3 is 2.67 bits per heavy atom. The van der Waals surface area contributed by atoms with Crippen molar-refractivity contribution >= 4 is 45.8 Å². The van der Waals surface area contributed by atoms with Crippen LogP contribution in [0.15, 0.2) is 18.2 Å². The number of rotatable bonds is 2. The molecule has 0 fully saturated rings. The molecule has 0 aliphatic heterocycles. The molecule has 110 valence electrons. The molecule has 4 nitrogen and oxygen atoms in total. The number of nitrogens with zero attached hydrogens (tertiary/aromatic N) is 1. The summed E-state index contributed by atoms with van der Waals surface area (Å²) in [6.45, 7) is 0. The third-order valence-electron chi connectivity index (χ3n) is 2.68. The summed E-state index contributed by atoms with van der Waals surface area (Å²) in [5, 5.41) is -0.106. The van der Waals surface area contributed by atoms with Crippen molar-refractivity contribution in [2.45, 2.75) is 0 Å². The fraction of sp³-hybridized carbons (Fsp3) is 0.0769. The van der Waals surface area contributed by atoms with E-state index < -0.39 is 17.6 Å². The molecule has 0 unspecified atom stereocenters. The van der Waals surface area contributed by atoms with E-state index in [9.17, 15) is 13.6 Å². The summed E-state index contributed by atoms with van der Waals surface area (Å²) >= 11 is 7.27. The summed E-state index contributed by atoms with van der Waals surface area (Å²) in [4.78, 5) is 15.5. The number of ether oxygens (including phenoxy) is 1. The van der Waals surface area contributed by atoms with Crippen LogP contribution in [0.1, 0.15) is 10.5 Å². The Kier molecular flexibility index (Phi) is 4.62. The van der Waals surface area contributed by atoms with E-state index in [1.54, 1.807) is 22.6 Å². The standard InChI is InChI=1S/C13H8ClF2IN2O2/c1-21-13(20)12-9(17)10(18)8(16)11(19-12)5-2-3-6(14)7(15)4-5/h2-4H,1H3,(H2,18,19). The van der Waals surface area contributed by atoms with Crippen LogP contribution in [0.4, 0.5) is 14.5 Å². The largest absolute Gasteiger partial charge is 0.464 e. The highest BCUT2D eigenvalue weighted by Crippen LogP contribution is 2.31. The number of benzene rings is 1. The van der Waals surface area contributed by atoms with Crippen LogP contribution in [0.3, 0.4) is 0 Å². The minimum atomic E-state index is -0.839. The molecule has 2 rings (SSSR count). The molecule has 0 spiro atoms. The number of nitrogens with two attached hydrogens (primary N) is 1. The van der Waals surface area contributed by atoms with Gasteiger partial charge in [-0.25, -0.2) is 18.6 Å². The topological polar surface area (TPSA) is 65.2 Å². The molecule has 0 saturated carbocycles. The minimum absolute atomic E-state index is 0.106. The van der Waals surface area contributed by atoms with E-state index in [0.717, 1.165) is 6.07 Å². The predicted molar refractivity (Wildman–Crippen MR) is 83.1 cm³/mol. The number of nitrogen functional groups attached to an aromatic ring is 1. The van der Waals surface area contributed by atoms with Crippen molar-refractivity contribution in [3.05, 3.63) is 44.1 Å². The number of aromatic nitrogens is 1. The van der Waals surface area contributed by atoms with Gasteiger partial charge in [0.25, 0.3) is 0 Å². The van der Waals surface area contributed by atoms with Gasteiger partial charge < -0.3 is 10.5 Å². The van der Waals surface area contributed by atoms with E-state index >= 15 is 0 Å². The molecular weight excluding hydrogens is 417 g/mol. The minimum Gasteiger partial charge on any atom is -0.464 e. The van der Waals surface area contributed by atoms with E-state index in [1.807, 2.05) is 0 Å². The second-order valence-corrected chi connectivity index (χ2v) is 5.46. The van der Waals surface area contributed by atoms with Gasteiger partial charge in [0.1, 0.15) is 11.5 Å². The zero-order chi connectivity index (χ0) is 15.7. The molecule has 0 saturated heterocycles. The molecule has 1 aromatic heterocycles. The summed E-state index contributed by atoms with van der Waals surface area (Å²) in [6, 6.07) is 3.66. The Bertz CT molecular complexity index is 741. The van der Waals surface area contributed by atoms with E-state index in [2.05, 4.69) is 9.72 Å². The molecule has 21 heavy (non-hydrogen) atoms. The lowest BCUT2D eigenvalue weighted by Gasteiger charge is -2.11. The summed E-state index contributed by atoms with van der Waals surface area (Å²) in [5.74, 6) is -2.33. The predicted octanol–water partition coefficient (Wildman–Crippen LogP) is 3.65. The summed E-state index contributed by atoms with van der Waals surface area (Å²) in [7, 11) is 1.17. The fourth-order valence-electron chi connectivity index (χ4n) is 1.63. The lowest BCUT2D eigenvalue weighted by molar-refractivity contribution is 0.0593. The maximum absolute atomic E-state index is 14.2. The van der Waals surface area contributed by atoms with Gasteiger partial charge in [0.05, 0.1) is 21.4 Å². The zero-order valence-electron chi connectivity index (χ0n) is 10.6. The SMILES string of the molecule is COC(=O)c1nc(-c2ccc(Cl)c(F)c2)c(F)c(N)c1I. The first kappa shape index (κ1) is 15.9. The summed E-state index contributed by atoms with van der Waals surface area (Å²) in [6.07, 6.45) is 0. The van der Waals surface area contributed by atoms with Crippen LogP contribution in [-0.4, -0.2) is 18.1 Å². The van der Waals surface area contributed by atoms with Crippen molar-refractivity contribution in [3.8, 4) is 11.3 Å². The van der Waals surface area contributed by atoms with Crippen molar-refractivity contribution in [1.29, 1.82) is 0 Å². The first-order chi connectivity index (χ1) is 9.86. The first-order valence-corrected chi connectivity index (χ1v) is 7.00. The Labute approximate surface area is 137 Å². The monoisotopic (exact) mass is 424 g/mol. The van der Waals surface area contributed by atoms with Crippen LogP contribution in [0, 0.1) is 15.2 Å². The van der Waals surface area contributed by atoms with E-state index in [4.69, 9.17) is 17.3 Å². The normalized spacial score (nSPS) is 10.5. The Morgan fingerprint density at radius 1 is 1.43 bits per heavy atom. The molecule has 2 aromatic rings. The van der Waals surface area contributed by atoms with Gasteiger partial charge in [0.2, 0.25) is 0 Å². The highest BCUT2D eigenvalue weighted by atomic mass is 127. The van der Waals surface area contributed by atoms with Crippen molar-refractivity contribution in [2.24, 2.45) is 0 Å². The fourth-order valence-corrected chi connectivity index (χ4v) is 2.32. The third kappa shape index (κ3) is 2.93. The lowest BCUT2D eigenvalue weighted by atomic mass is 10.1. The average Bonchev–Trinajstić information content (AvgIpc) is 2.47. The Morgan fingerprint density at radius 2 is 2.10 bits per heavy atom. The highest BCUT2D eigenvalue weighted by molar-refractivity contribution is 14.1. The van der Waals surface area contributed by atoms with Gasteiger partial charge in [-0.15, -0.1) is 0 Å². The second kappa shape index (κ2) is 6.10. The number of methoxy groups -OCH3 is 1. The van der Waals surface area contributed by atoms with Gasteiger partial charge in [-0.1, -0.05) is 17.7 Å². The van der Waals surface area contributed by atoms with Crippen molar-refractivity contribution < 1.29 is 18.3 Å². The van der Waals surface area contributed by atoms with E-state index in [1.165, 1.54) is 19.2 Å². The number of pyridine rings is 1. The molecule has 2 N–H and O–H groups in total. The van der Waals surface area contributed by atoms with Gasteiger partial charge in [-0.2, -0.15) is 0 Å². The smallest absolute Gasteiger partial charge is 0.357 e. The molecule has 0 amide bonds. The third-order valence-corrected chi connectivity index (χ3v) is 4.08. The van der Waals surface area contributed by atoms with Gasteiger partial charge >= 0.3 is 5.97 Å². The number of hydrogen-bond acceptors (Lipinski definition) is 4. The van der Waals surface area contributed by atoms with Crippen LogP contribution in [0.5, 0.6) is 0 Å². The quantitative estimate of drug-likeness (QED) is 0.590. The van der Waals surface area contributed by atoms with Gasteiger partial charge in [-0.3, -0.25) is 0 Å². The molecule has 1 heterocycles. The summed E-state index contributed by atoms with van der Waals surface area (Å²) < 4.78 is 32.4. The molecule has 0 radical (unpaired) electrons. The number of anilines is 1. The van der Waals surface area contributed by atoms with Crippen LogP contribution in [0.25, 0.3) is 11.3 Å². The van der Waals surface area contributed by atoms with Crippen LogP contribution < -0.4 is 5.73 Å². The Hall–Kier alpha value is -1.48. The van der Waals surface area contributed by atoms with Crippen LogP contribution >= 0.6 is 34.2 Å². The first-order valence-electron chi connectivity index (χ1n) is 5.55. The number of halogens is 4. The van der Waals surface area contributed by atoms with Gasteiger partial charge in [0.15, 0.2) is 11.5 Å². The molecule has 0 bridgehead atoms. The molecular formula is C13H8ClF2IN2O2. The molecule has 0 atom stereocenters. The van der Waals surface area contributed by atoms with E-state index in [0.29, 0.717) is 0 Å². The highest BCUT2D eigenvalue weighted by Gasteiger charge is 2.22. The Balaban J connectivity index is 2.71. The van der Waals surface area contributed by atoms with Crippen molar-refractivity contribution in [2.75, 3.05) is 12.8 Å². The van der Waals surface area contributed by atoms with Crippen molar-refractivity contribution in [3.63, 3.8) is 0 Å². The van der Waals surface area contributed by atoms with Gasteiger partial charge in [0, 0.05) is 5.56 Å². The second-order valence-electron chi connectivity index (χ2n) is 3.97. The number of hydrogen-bond donors (Lipinski definition) is 1. The number of esters is 1. The molecule has 0 aliphatic rings.